The van der Waals surface area contributed by atoms with E-state index in [1.54, 1.807) is 0 Å². The summed E-state index contributed by atoms with van der Waals surface area (Å²) >= 11 is 0. The van der Waals surface area contributed by atoms with Crippen LogP contribution in [0.2, 0.25) is 0 Å². The fourth-order valence-corrected chi connectivity index (χ4v) is 1.08. The van der Waals surface area contributed by atoms with Gasteiger partial charge in [-0.05, 0) is 18.9 Å². The lowest BCUT2D eigenvalue weighted by Gasteiger charge is -2.11. The monoisotopic (exact) mass is 180 g/mol. The molecule has 0 saturated heterocycles. The fraction of sp³-hybridized carbons (Fsp3) is 0.455. The molecule has 0 heterocycles. The van der Waals surface area contributed by atoms with Crippen LogP contribution in [0.1, 0.15) is 18.9 Å². The second-order valence-corrected chi connectivity index (χ2v) is 3.12. The van der Waals surface area contributed by atoms with Crippen molar-refractivity contribution in [2.75, 3.05) is 6.61 Å². The van der Waals surface area contributed by atoms with Crippen LogP contribution in [0, 0.1) is 0 Å². The van der Waals surface area contributed by atoms with Gasteiger partial charge in [0.15, 0.2) is 0 Å². The zero-order chi connectivity index (χ0) is 9.52. The Hall–Kier alpha value is -0.860. The quantitative estimate of drug-likeness (QED) is 0.750. The van der Waals surface area contributed by atoms with E-state index in [1.807, 2.05) is 37.3 Å². The van der Waals surface area contributed by atoms with Gasteiger partial charge in [-0.1, -0.05) is 30.3 Å². The standard InChI is InChI=1S/C11H16O2/c1-10(7-8-12)13-9-11-5-3-2-4-6-11/h2-6,10,12H,7-9H2,1H3/t10-/m1/s1. The molecular weight excluding hydrogens is 164 g/mol. The van der Waals surface area contributed by atoms with Crippen molar-refractivity contribution in [2.45, 2.75) is 26.1 Å². The van der Waals surface area contributed by atoms with Crippen LogP contribution >= 0.6 is 0 Å². The van der Waals surface area contributed by atoms with E-state index >= 15 is 0 Å². The highest BCUT2D eigenvalue weighted by Gasteiger charge is 2.00. The van der Waals surface area contributed by atoms with Crippen LogP contribution in [0.4, 0.5) is 0 Å². The lowest BCUT2D eigenvalue weighted by atomic mass is 10.2. The molecule has 1 aromatic carbocycles. The first-order valence-electron chi connectivity index (χ1n) is 4.59. The summed E-state index contributed by atoms with van der Waals surface area (Å²) < 4.78 is 5.51. The normalized spacial score (nSPS) is 12.8. The second kappa shape index (κ2) is 5.73. The lowest BCUT2D eigenvalue weighted by Crippen LogP contribution is -2.09. The first-order chi connectivity index (χ1) is 6.33. The number of ether oxygens (including phenoxy) is 1. The second-order valence-electron chi connectivity index (χ2n) is 3.12. The average molecular weight is 180 g/mol. The van der Waals surface area contributed by atoms with Gasteiger partial charge in [-0.3, -0.25) is 0 Å². The van der Waals surface area contributed by atoms with Crippen LogP contribution in [0.5, 0.6) is 0 Å². The molecule has 0 aliphatic heterocycles. The molecule has 13 heavy (non-hydrogen) atoms. The summed E-state index contributed by atoms with van der Waals surface area (Å²) in [4.78, 5) is 0. The Kier molecular flexibility index (Phi) is 4.50. The topological polar surface area (TPSA) is 29.5 Å². The summed E-state index contributed by atoms with van der Waals surface area (Å²) in [6, 6.07) is 10.0. The molecule has 0 bridgehead atoms. The smallest absolute Gasteiger partial charge is 0.0720 e. The molecule has 2 nitrogen and oxygen atoms in total. The van der Waals surface area contributed by atoms with Crippen LogP contribution < -0.4 is 0 Å². The highest BCUT2D eigenvalue weighted by Crippen LogP contribution is 2.04. The van der Waals surface area contributed by atoms with Crippen LogP contribution in [-0.4, -0.2) is 17.8 Å². The van der Waals surface area contributed by atoms with E-state index in [0.717, 1.165) is 0 Å². The average Bonchev–Trinajstić information content (AvgIpc) is 2.17. The van der Waals surface area contributed by atoms with Crippen molar-refractivity contribution in [3.8, 4) is 0 Å². The van der Waals surface area contributed by atoms with Crippen molar-refractivity contribution in [3.05, 3.63) is 35.9 Å². The van der Waals surface area contributed by atoms with Crippen LogP contribution in [0.15, 0.2) is 30.3 Å². The summed E-state index contributed by atoms with van der Waals surface area (Å²) in [5.41, 5.74) is 1.17. The van der Waals surface area contributed by atoms with Gasteiger partial charge < -0.3 is 9.84 Å². The van der Waals surface area contributed by atoms with Gasteiger partial charge in [0, 0.05) is 6.61 Å². The minimum atomic E-state index is 0.130. The maximum Gasteiger partial charge on any atom is 0.0720 e. The van der Waals surface area contributed by atoms with Gasteiger partial charge in [0.25, 0.3) is 0 Å². The predicted octanol–water partition coefficient (Wildman–Crippen LogP) is 1.97. The number of aliphatic hydroxyl groups excluding tert-OH is 1. The molecule has 0 aromatic heterocycles. The maximum absolute atomic E-state index is 8.65. The Morgan fingerprint density at radius 3 is 2.62 bits per heavy atom. The van der Waals surface area contributed by atoms with Crippen molar-refractivity contribution in [1.29, 1.82) is 0 Å². The highest BCUT2D eigenvalue weighted by atomic mass is 16.5. The van der Waals surface area contributed by atoms with Crippen molar-refractivity contribution < 1.29 is 9.84 Å². The molecule has 1 rings (SSSR count). The van der Waals surface area contributed by atoms with Gasteiger partial charge in [0.2, 0.25) is 0 Å². The molecule has 1 atom stereocenters. The highest BCUT2D eigenvalue weighted by molar-refractivity contribution is 5.13. The van der Waals surface area contributed by atoms with Crippen LogP contribution in [-0.2, 0) is 11.3 Å². The summed E-state index contributed by atoms with van der Waals surface area (Å²) in [5, 5.41) is 8.65. The minimum absolute atomic E-state index is 0.130. The SMILES string of the molecule is C[C@H](CCO)OCc1ccccc1. The first kappa shape index (κ1) is 10.2. The molecule has 0 spiro atoms. The predicted molar refractivity (Wildman–Crippen MR) is 52.4 cm³/mol. The number of hydrogen-bond donors (Lipinski definition) is 1. The van der Waals surface area contributed by atoms with Crippen molar-refractivity contribution in [2.24, 2.45) is 0 Å². The van der Waals surface area contributed by atoms with Gasteiger partial charge in [0.05, 0.1) is 12.7 Å². The van der Waals surface area contributed by atoms with Gasteiger partial charge >= 0.3 is 0 Å². The fourth-order valence-electron chi connectivity index (χ4n) is 1.08. The van der Waals surface area contributed by atoms with Gasteiger partial charge in [-0.25, -0.2) is 0 Å². The number of hydrogen-bond acceptors (Lipinski definition) is 2. The van der Waals surface area contributed by atoms with E-state index in [2.05, 4.69) is 0 Å². The molecule has 0 fully saturated rings. The summed E-state index contributed by atoms with van der Waals surface area (Å²) in [5.74, 6) is 0. The molecule has 1 N–H and O–H groups in total. The van der Waals surface area contributed by atoms with E-state index in [0.29, 0.717) is 13.0 Å². The summed E-state index contributed by atoms with van der Waals surface area (Å²) in [7, 11) is 0. The number of aliphatic hydroxyl groups is 1. The summed E-state index contributed by atoms with van der Waals surface area (Å²) in [6.07, 6.45) is 0.831. The Bertz CT molecular complexity index is 221. The van der Waals surface area contributed by atoms with E-state index in [4.69, 9.17) is 9.84 Å². The molecule has 0 aliphatic carbocycles. The van der Waals surface area contributed by atoms with E-state index in [9.17, 15) is 0 Å². The van der Waals surface area contributed by atoms with Crippen molar-refractivity contribution in [1.82, 2.24) is 0 Å². The zero-order valence-electron chi connectivity index (χ0n) is 7.94. The minimum Gasteiger partial charge on any atom is -0.396 e. The Labute approximate surface area is 79.2 Å². The molecule has 2 heteroatoms. The van der Waals surface area contributed by atoms with E-state index < -0.39 is 0 Å². The van der Waals surface area contributed by atoms with Crippen molar-refractivity contribution in [3.63, 3.8) is 0 Å². The molecule has 1 aromatic rings. The first-order valence-corrected chi connectivity index (χ1v) is 4.59. The third kappa shape index (κ3) is 4.06. The third-order valence-electron chi connectivity index (χ3n) is 1.91. The Morgan fingerprint density at radius 1 is 1.31 bits per heavy atom. The Morgan fingerprint density at radius 2 is 2.00 bits per heavy atom. The van der Waals surface area contributed by atoms with Crippen LogP contribution in [0.25, 0.3) is 0 Å². The molecule has 72 valence electrons. The lowest BCUT2D eigenvalue weighted by molar-refractivity contribution is 0.0363. The molecule has 0 amide bonds. The molecule has 0 unspecified atom stereocenters. The van der Waals surface area contributed by atoms with Gasteiger partial charge in [-0.15, -0.1) is 0 Å². The summed E-state index contributed by atoms with van der Waals surface area (Å²) in [6.45, 7) is 2.79. The molecule has 0 saturated carbocycles. The van der Waals surface area contributed by atoms with Gasteiger partial charge in [-0.2, -0.15) is 0 Å². The third-order valence-corrected chi connectivity index (χ3v) is 1.91. The molecular formula is C11H16O2. The maximum atomic E-state index is 8.65. The zero-order valence-corrected chi connectivity index (χ0v) is 7.94. The van der Waals surface area contributed by atoms with E-state index in [1.165, 1.54) is 5.56 Å². The van der Waals surface area contributed by atoms with E-state index in [-0.39, 0.29) is 12.7 Å². The molecule has 0 aliphatic rings. The van der Waals surface area contributed by atoms with Crippen molar-refractivity contribution >= 4 is 0 Å². The Balaban J connectivity index is 2.27. The number of benzene rings is 1. The molecule has 0 radical (unpaired) electrons. The number of rotatable bonds is 5. The van der Waals surface area contributed by atoms with Crippen LogP contribution in [0.3, 0.4) is 0 Å². The largest absolute Gasteiger partial charge is 0.396 e. The van der Waals surface area contributed by atoms with Gasteiger partial charge in [0.1, 0.15) is 0 Å².